The summed E-state index contributed by atoms with van der Waals surface area (Å²) >= 11 is 0. The molecule has 154 valence electrons. The molecule has 27 heavy (non-hydrogen) atoms. The zero-order chi connectivity index (χ0) is 19.5. The average Bonchev–Trinajstić information content (AvgIpc) is 3.15. The van der Waals surface area contributed by atoms with Crippen LogP contribution >= 0.6 is 0 Å². The van der Waals surface area contributed by atoms with E-state index in [1.807, 2.05) is 0 Å². The normalized spacial score (nSPS) is 32.7. The van der Waals surface area contributed by atoms with Crippen LogP contribution in [0.15, 0.2) is 12.2 Å². The minimum Gasteiger partial charge on any atom is -0.356 e. The number of sulfone groups is 1. The second-order valence-corrected chi connectivity index (χ2v) is 11.4. The molecule has 0 aromatic carbocycles. The highest BCUT2D eigenvalue weighted by Crippen LogP contribution is 2.50. The van der Waals surface area contributed by atoms with E-state index in [1.54, 1.807) is 0 Å². The lowest BCUT2D eigenvalue weighted by Gasteiger charge is -2.51. The Hall–Kier alpha value is -0.880. The molecule has 5 nitrogen and oxygen atoms in total. The molecule has 1 heterocycles. The van der Waals surface area contributed by atoms with Crippen molar-refractivity contribution in [3.63, 3.8) is 0 Å². The van der Waals surface area contributed by atoms with E-state index in [4.69, 9.17) is 0 Å². The highest BCUT2D eigenvalue weighted by atomic mass is 32.2. The van der Waals surface area contributed by atoms with Gasteiger partial charge in [-0.2, -0.15) is 0 Å². The Morgan fingerprint density at radius 2 is 1.81 bits per heavy atom. The molecule has 1 unspecified atom stereocenters. The summed E-state index contributed by atoms with van der Waals surface area (Å²) in [6, 6.07) is 0.314. The molecule has 1 amide bonds. The Kier molecular flexibility index (Phi) is 6.67. The standard InChI is InChI=1S/C21H36N2O3S/c1-3-16(4-2)14-22-19-9-10-27(25,26)21(13-19)11-17(12-21)15-23-20(24)18-7-5-6-8-18/h5-6,16-19,22H,3-4,7-15H2,1-2H3,(H,23,24). The summed E-state index contributed by atoms with van der Waals surface area (Å²) in [7, 11) is -3.02. The van der Waals surface area contributed by atoms with Crippen molar-refractivity contribution in [3.05, 3.63) is 12.2 Å². The fraction of sp³-hybridized carbons (Fsp3) is 0.857. The van der Waals surface area contributed by atoms with Crippen molar-refractivity contribution >= 4 is 15.7 Å². The number of hydrogen-bond acceptors (Lipinski definition) is 4. The number of nitrogens with one attached hydrogen (secondary N) is 2. The van der Waals surface area contributed by atoms with Crippen LogP contribution < -0.4 is 10.6 Å². The molecule has 1 saturated carbocycles. The monoisotopic (exact) mass is 396 g/mol. The third-order valence-corrected chi connectivity index (χ3v) is 9.72. The van der Waals surface area contributed by atoms with Gasteiger partial charge >= 0.3 is 0 Å². The quantitative estimate of drug-likeness (QED) is 0.619. The second kappa shape index (κ2) is 8.64. The van der Waals surface area contributed by atoms with Crippen LogP contribution in [0.25, 0.3) is 0 Å². The van der Waals surface area contributed by atoms with Gasteiger partial charge in [-0.1, -0.05) is 38.8 Å². The van der Waals surface area contributed by atoms with E-state index in [-0.39, 0.29) is 11.8 Å². The first-order chi connectivity index (χ1) is 12.9. The largest absolute Gasteiger partial charge is 0.356 e. The number of carbonyl (C=O) groups is 1. The molecule has 2 fully saturated rings. The smallest absolute Gasteiger partial charge is 0.223 e. The van der Waals surface area contributed by atoms with Crippen LogP contribution in [0.4, 0.5) is 0 Å². The molecule has 0 radical (unpaired) electrons. The van der Waals surface area contributed by atoms with Crippen LogP contribution in [0, 0.1) is 17.8 Å². The Balaban J connectivity index is 1.48. The number of hydrogen-bond donors (Lipinski definition) is 2. The van der Waals surface area contributed by atoms with Crippen molar-refractivity contribution < 1.29 is 13.2 Å². The maximum absolute atomic E-state index is 12.8. The molecular weight excluding hydrogens is 360 g/mol. The maximum Gasteiger partial charge on any atom is 0.223 e. The van der Waals surface area contributed by atoms with Gasteiger partial charge in [0.2, 0.25) is 5.91 Å². The van der Waals surface area contributed by atoms with E-state index in [0.717, 1.165) is 45.1 Å². The molecule has 2 aliphatic carbocycles. The summed E-state index contributed by atoms with van der Waals surface area (Å²) in [4.78, 5) is 12.2. The topological polar surface area (TPSA) is 75.3 Å². The number of amides is 1. The SMILES string of the molecule is CCC(CC)CNC1CCS(=O)(=O)C2(CC(CNC(=O)C3CC=CC3)C2)C1. The van der Waals surface area contributed by atoms with Crippen LogP contribution in [-0.4, -0.2) is 44.0 Å². The van der Waals surface area contributed by atoms with Gasteiger partial charge in [-0.25, -0.2) is 8.42 Å². The Morgan fingerprint density at radius 3 is 2.44 bits per heavy atom. The highest BCUT2D eigenvalue weighted by molar-refractivity contribution is 7.92. The maximum atomic E-state index is 12.8. The molecule has 0 aromatic heterocycles. The van der Waals surface area contributed by atoms with Gasteiger partial charge in [0.15, 0.2) is 9.84 Å². The van der Waals surface area contributed by atoms with E-state index in [1.165, 1.54) is 0 Å². The van der Waals surface area contributed by atoms with Gasteiger partial charge in [-0.15, -0.1) is 0 Å². The van der Waals surface area contributed by atoms with E-state index < -0.39 is 14.6 Å². The third kappa shape index (κ3) is 4.58. The van der Waals surface area contributed by atoms with Crippen molar-refractivity contribution in [2.24, 2.45) is 17.8 Å². The van der Waals surface area contributed by atoms with Gasteiger partial charge < -0.3 is 10.6 Å². The summed E-state index contributed by atoms with van der Waals surface area (Å²) in [5.74, 6) is 1.48. The zero-order valence-corrected chi connectivity index (χ0v) is 17.7. The molecular formula is C21H36N2O3S. The first-order valence-electron chi connectivity index (χ1n) is 10.8. The third-order valence-electron chi connectivity index (χ3n) is 7.13. The predicted octanol–water partition coefficient (Wildman–Crippen LogP) is 2.82. The molecule has 2 N–H and O–H groups in total. The van der Waals surface area contributed by atoms with Crippen LogP contribution in [0.5, 0.6) is 0 Å². The molecule has 3 aliphatic rings. The van der Waals surface area contributed by atoms with Crippen LogP contribution in [0.1, 0.15) is 65.2 Å². The van der Waals surface area contributed by atoms with Crippen molar-refractivity contribution in [2.75, 3.05) is 18.8 Å². The van der Waals surface area contributed by atoms with Crippen LogP contribution in [0.3, 0.4) is 0 Å². The summed E-state index contributed by atoms with van der Waals surface area (Å²) in [6.45, 7) is 6.05. The van der Waals surface area contributed by atoms with Gasteiger partial charge in [-0.05, 0) is 56.9 Å². The molecule has 1 spiro atoms. The Morgan fingerprint density at radius 1 is 1.15 bits per heavy atom. The number of carbonyl (C=O) groups excluding carboxylic acids is 1. The van der Waals surface area contributed by atoms with E-state index in [0.29, 0.717) is 43.0 Å². The summed E-state index contributed by atoms with van der Waals surface area (Å²) in [5.41, 5.74) is 0. The van der Waals surface area contributed by atoms with E-state index >= 15 is 0 Å². The molecule has 1 atom stereocenters. The van der Waals surface area contributed by atoms with Gasteiger partial charge in [0, 0.05) is 18.5 Å². The van der Waals surface area contributed by atoms with Gasteiger partial charge in [0.25, 0.3) is 0 Å². The first-order valence-corrected chi connectivity index (χ1v) is 12.4. The minimum absolute atomic E-state index is 0.0797. The number of rotatable bonds is 8. The molecule has 1 saturated heterocycles. The molecule has 3 rings (SSSR count). The lowest BCUT2D eigenvalue weighted by molar-refractivity contribution is -0.125. The van der Waals surface area contributed by atoms with E-state index in [9.17, 15) is 13.2 Å². The van der Waals surface area contributed by atoms with Gasteiger partial charge in [0.05, 0.1) is 10.5 Å². The Labute approximate surface area is 164 Å². The molecule has 0 bridgehead atoms. The zero-order valence-electron chi connectivity index (χ0n) is 16.9. The number of allylic oxidation sites excluding steroid dienone is 2. The van der Waals surface area contributed by atoms with Crippen LogP contribution in [0.2, 0.25) is 0 Å². The summed E-state index contributed by atoms with van der Waals surface area (Å²) < 4.78 is 25.0. The predicted molar refractivity (Wildman–Crippen MR) is 109 cm³/mol. The summed E-state index contributed by atoms with van der Waals surface area (Å²) in [6.07, 6.45) is 11.0. The van der Waals surface area contributed by atoms with Gasteiger partial charge in [-0.3, -0.25) is 4.79 Å². The molecule has 1 aliphatic heterocycles. The fourth-order valence-corrected chi connectivity index (χ4v) is 7.52. The first kappa shape index (κ1) is 20.8. The van der Waals surface area contributed by atoms with Crippen molar-refractivity contribution in [2.45, 2.75) is 76.0 Å². The van der Waals surface area contributed by atoms with E-state index in [2.05, 4.69) is 36.6 Å². The average molecular weight is 397 g/mol. The minimum atomic E-state index is -3.02. The fourth-order valence-electron chi connectivity index (χ4n) is 5.05. The van der Waals surface area contributed by atoms with Gasteiger partial charge in [0.1, 0.15) is 0 Å². The second-order valence-electron chi connectivity index (χ2n) is 8.94. The van der Waals surface area contributed by atoms with Crippen molar-refractivity contribution in [1.29, 1.82) is 0 Å². The molecule has 6 heteroatoms. The lowest BCUT2D eigenvalue weighted by atomic mass is 9.70. The van der Waals surface area contributed by atoms with Crippen molar-refractivity contribution in [3.8, 4) is 0 Å². The summed E-state index contributed by atoms with van der Waals surface area (Å²) in [5, 5.41) is 6.70. The van der Waals surface area contributed by atoms with Crippen molar-refractivity contribution in [1.82, 2.24) is 10.6 Å². The van der Waals surface area contributed by atoms with Crippen LogP contribution in [-0.2, 0) is 14.6 Å². The highest BCUT2D eigenvalue weighted by Gasteiger charge is 2.56. The Bertz CT molecular complexity index is 640. The molecule has 0 aromatic rings. The lowest BCUT2D eigenvalue weighted by Crippen LogP contribution is -2.60.